The molecule has 0 radical (unpaired) electrons. The Morgan fingerprint density at radius 1 is 1.35 bits per heavy atom. The molecule has 0 saturated heterocycles. The van der Waals surface area contributed by atoms with E-state index in [1.807, 2.05) is 38.1 Å². The van der Waals surface area contributed by atoms with Crippen molar-refractivity contribution in [3.63, 3.8) is 0 Å². The minimum Gasteiger partial charge on any atom is -0.464 e. The summed E-state index contributed by atoms with van der Waals surface area (Å²) < 4.78 is 7.70. The second-order valence-corrected chi connectivity index (χ2v) is 6.00. The van der Waals surface area contributed by atoms with Crippen molar-refractivity contribution in [1.29, 1.82) is 0 Å². The molecule has 0 aliphatic carbocycles. The van der Waals surface area contributed by atoms with Gasteiger partial charge in [-0.3, -0.25) is 0 Å². The van der Waals surface area contributed by atoms with E-state index in [0.29, 0.717) is 12.2 Å². The van der Waals surface area contributed by atoms with Gasteiger partial charge in [0.25, 0.3) is 0 Å². The Morgan fingerprint density at radius 3 is 2.55 bits per heavy atom. The van der Waals surface area contributed by atoms with E-state index in [0.717, 1.165) is 11.3 Å². The van der Waals surface area contributed by atoms with Gasteiger partial charge in [-0.15, -0.1) is 5.10 Å². The van der Waals surface area contributed by atoms with E-state index < -0.39 is 5.97 Å². The van der Waals surface area contributed by atoms with Crippen molar-refractivity contribution in [2.45, 2.75) is 26.3 Å². The number of nitrogens with zero attached hydrogens (tertiary/aromatic N) is 3. The lowest BCUT2D eigenvalue weighted by molar-refractivity contribution is 0.0592. The van der Waals surface area contributed by atoms with E-state index in [-0.39, 0.29) is 5.92 Å². The molecule has 0 aliphatic rings. The van der Waals surface area contributed by atoms with Crippen molar-refractivity contribution in [3.05, 3.63) is 44.8 Å². The van der Waals surface area contributed by atoms with Crippen LogP contribution in [0.2, 0.25) is 0 Å². The lowest BCUT2D eigenvalue weighted by atomic mass is 10.1. The van der Waals surface area contributed by atoms with Crippen LogP contribution in [0.25, 0.3) is 0 Å². The minimum atomic E-state index is -0.442. The van der Waals surface area contributed by atoms with Gasteiger partial charge in [0.1, 0.15) is 0 Å². The maximum Gasteiger partial charge on any atom is 0.360 e. The summed E-state index contributed by atoms with van der Waals surface area (Å²) >= 11 is 2.27. The number of halogens is 1. The smallest absolute Gasteiger partial charge is 0.360 e. The van der Waals surface area contributed by atoms with Crippen LogP contribution in [0.15, 0.2) is 24.3 Å². The van der Waals surface area contributed by atoms with Gasteiger partial charge >= 0.3 is 5.97 Å². The molecule has 2 rings (SSSR count). The van der Waals surface area contributed by atoms with Crippen molar-refractivity contribution in [2.24, 2.45) is 0 Å². The molecule has 0 fully saturated rings. The van der Waals surface area contributed by atoms with Gasteiger partial charge in [0.15, 0.2) is 5.69 Å². The summed E-state index contributed by atoms with van der Waals surface area (Å²) in [4.78, 5) is 11.7. The molecule has 1 heterocycles. The predicted octanol–water partition coefficient (Wildman–Crippen LogP) is 2.84. The van der Waals surface area contributed by atoms with Crippen LogP contribution in [-0.4, -0.2) is 28.1 Å². The van der Waals surface area contributed by atoms with Crippen LogP contribution in [0.3, 0.4) is 0 Å². The third kappa shape index (κ3) is 3.17. The molecule has 20 heavy (non-hydrogen) atoms. The summed E-state index contributed by atoms with van der Waals surface area (Å²) in [6.45, 7) is 4.61. The molecule has 0 saturated carbocycles. The normalized spacial score (nSPS) is 10.8. The molecule has 2 aromatic rings. The molecule has 1 aromatic heterocycles. The average molecular weight is 385 g/mol. The van der Waals surface area contributed by atoms with Crippen LogP contribution in [0.1, 0.15) is 41.5 Å². The van der Waals surface area contributed by atoms with Gasteiger partial charge < -0.3 is 4.74 Å². The molecule has 0 amide bonds. The van der Waals surface area contributed by atoms with E-state index in [4.69, 9.17) is 4.74 Å². The highest BCUT2D eigenvalue weighted by Crippen LogP contribution is 2.19. The number of hydrogen-bond donors (Lipinski definition) is 0. The molecule has 106 valence electrons. The van der Waals surface area contributed by atoms with E-state index in [1.165, 1.54) is 10.7 Å². The van der Waals surface area contributed by atoms with Crippen LogP contribution in [0, 0.1) is 3.57 Å². The number of benzene rings is 1. The number of ether oxygens (including phenoxy) is 1. The summed E-state index contributed by atoms with van der Waals surface area (Å²) in [7, 11) is 1.35. The fraction of sp³-hybridized carbons (Fsp3) is 0.357. The zero-order valence-electron chi connectivity index (χ0n) is 11.6. The Bertz CT molecular complexity index is 605. The summed E-state index contributed by atoms with van der Waals surface area (Å²) in [5, 5.41) is 8.05. The fourth-order valence-corrected chi connectivity index (χ4v) is 2.37. The third-order valence-electron chi connectivity index (χ3n) is 2.94. The van der Waals surface area contributed by atoms with Crippen LogP contribution in [0.5, 0.6) is 0 Å². The Labute approximate surface area is 131 Å². The molecule has 1 aromatic carbocycles. The van der Waals surface area contributed by atoms with Crippen molar-refractivity contribution >= 4 is 28.6 Å². The first-order chi connectivity index (χ1) is 9.52. The number of methoxy groups -OCH3 is 1. The number of esters is 1. The standard InChI is InChI=1S/C14H16IN3O2/c1-9(2)13-12(14(19)20-3)16-17-18(13)8-10-4-6-11(15)7-5-10/h4-7,9H,8H2,1-3H3. The summed E-state index contributed by atoms with van der Waals surface area (Å²) in [5.74, 6) is -0.300. The maximum atomic E-state index is 11.7. The van der Waals surface area contributed by atoms with Crippen LogP contribution >= 0.6 is 22.6 Å². The van der Waals surface area contributed by atoms with Crippen molar-refractivity contribution in [3.8, 4) is 0 Å². The second kappa shape index (κ2) is 6.34. The quantitative estimate of drug-likeness (QED) is 0.600. The Hall–Kier alpha value is -1.44. The minimum absolute atomic E-state index is 0.142. The van der Waals surface area contributed by atoms with Crippen LogP contribution in [-0.2, 0) is 11.3 Å². The molecule has 0 spiro atoms. The Kier molecular flexibility index (Phi) is 4.74. The second-order valence-electron chi connectivity index (χ2n) is 4.75. The lowest BCUT2D eigenvalue weighted by Gasteiger charge is -2.10. The highest BCUT2D eigenvalue weighted by atomic mass is 127. The van der Waals surface area contributed by atoms with E-state index in [2.05, 4.69) is 32.9 Å². The van der Waals surface area contributed by atoms with Crippen molar-refractivity contribution in [2.75, 3.05) is 7.11 Å². The van der Waals surface area contributed by atoms with Gasteiger partial charge in [0.05, 0.1) is 19.3 Å². The number of aromatic nitrogens is 3. The summed E-state index contributed by atoms with van der Waals surface area (Å²) in [6, 6.07) is 8.18. The number of hydrogen-bond acceptors (Lipinski definition) is 4. The summed E-state index contributed by atoms with van der Waals surface area (Å²) in [6.07, 6.45) is 0. The zero-order valence-corrected chi connectivity index (χ0v) is 13.8. The van der Waals surface area contributed by atoms with Gasteiger partial charge in [0.2, 0.25) is 0 Å². The zero-order chi connectivity index (χ0) is 14.7. The molecule has 0 N–H and O–H groups in total. The van der Waals surface area contributed by atoms with Crippen molar-refractivity contribution < 1.29 is 9.53 Å². The average Bonchev–Trinajstić information content (AvgIpc) is 2.84. The first kappa shape index (κ1) is 15.0. The number of carbonyl (C=O) groups excluding carboxylic acids is 1. The van der Waals surface area contributed by atoms with Gasteiger partial charge in [-0.05, 0) is 46.2 Å². The number of carbonyl (C=O) groups is 1. The van der Waals surface area contributed by atoms with Crippen LogP contribution < -0.4 is 0 Å². The molecule has 5 nitrogen and oxygen atoms in total. The van der Waals surface area contributed by atoms with Gasteiger partial charge in [-0.2, -0.15) is 0 Å². The monoisotopic (exact) mass is 385 g/mol. The van der Waals surface area contributed by atoms with E-state index in [9.17, 15) is 4.79 Å². The Morgan fingerprint density at radius 2 is 2.00 bits per heavy atom. The van der Waals surface area contributed by atoms with E-state index in [1.54, 1.807) is 4.68 Å². The first-order valence-electron chi connectivity index (χ1n) is 6.29. The molecular weight excluding hydrogens is 369 g/mol. The highest BCUT2D eigenvalue weighted by Gasteiger charge is 2.22. The molecular formula is C14H16IN3O2. The molecule has 6 heteroatoms. The molecule has 0 bridgehead atoms. The van der Waals surface area contributed by atoms with Gasteiger partial charge in [-0.25, -0.2) is 9.48 Å². The first-order valence-corrected chi connectivity index (χ1v) is 7.37. The number of rotatable bonds is 4. The van der Waals surface area contributed by atoms with Crippen LogP contribution in [0.4, 0.5) is 0 Å². The maximum absolute atomic E-state index is 11.7. The fourth-order valence-electron chi connectivity index (χ4n) is 2.01. The highest BCUT2D eigenvalue weighted by molar-refractivity contribution is 14.1. The van der Waals surface area contributed by atoms with Crippen molar-refractivity contribution in [1.82, 2.24) is 15.0 Å². The van der Waals surface area contributed by atoms with Gasteiger partial charge in [0, 0.05) is 3.57 Å². The lowest BCUT2D eigenvalue weighted by Crippen LogP contribution is -2.12. The molecule has 0 unspecified atom stereocenters. The topological polar surface area (TPSA) is 57.0 Å². The Balaban J connectivity index is 2.34. The summed E-state index contributed by atoms with van der Waals surface area (Å²) in [5.41, 5.74) is 2.22. The largest absolute Gasteiger partial charge is 0.464 e. The SMILES string of the molecule is COC(=O)c1nnn(Cc2ccc(I)cc2)c1C(C)C. The van der Waals surface area contributed by atoms with Gasteiger partial charge in [-0.1, -0.05) is 31.2 Å². The molecule has 0 aliphatic heterocycles. The third-order valence-corrected chi connectivity index (χ3v) is 3.66. The van der Waals surface area contributed by atoms with E-state index >= 15 is 0 Å². The predicted molar refractivity (Wildman–Crippen MR) is 83.7 cm³/mol. The molecule has 0 atom stereocenters.